The molecule has 0 aliphatic carbocycles. The van der Waals surface area contributed by atoms with Gasteiger partial charge in [-0.2, -0.15) is 0 Å². The summed E-state index contributed by atoms with van der Waals surface area (Å²) in [7, 11) is 0. The fraction of sp³-hybridized carbons (Fsp3) is 1.00. The smallest absolute Gasteiger partial charge is 0.0863 e. The Hall–Kier alpha value is 0.210. The normalized spacial score (nSPS) is 30.0. The van der Waals surface area contributed by atoms with Gasteiger partial charge in [-0.15, -0.1) is 11.6 Å². The zero-order valence-corrected chi connectivity index (χ0v) is 7.03. The molecule has 0 aromatic rings. The molecule has 1 fully saturated rings. The molecule has 60 valence electrons. The standard InChI is InChI=1S/C7H14ClNO/c1-2-6(8)7-5-9-3-4-10-7/h6-7,9H,2-5H2,1H3. The molecular weight excluding hydrogens is 150 g/mol. The van der Waals surface area contributed by atoms with Crippen molar-refractivity contribution in [1.29, 1.82) is 0 Å². The predicted molar refractivity (Wildman–Crippen MR) is 42.5 cm³/mol. The second kappa shape index (κ2) is 4.16. The van der Waals surface area contributed by atoms with Gasteiger partial charge in [-0.05, 0) is 6.42 Å². The van der Waals surface area contributed by atoms with E-state index in [0.29, 0.717) is 0 Å². The lowest BCUT2D eigenvalue weighted by Gasteiger charge is -2.26. The van der Waals surface area contributed by atoms with Crippen molar-refractivity contribution in [3.8, 4) is 0 Å². The molecule has 1 aliphatic rings. The Balaban J connectivity index is 2.24. The maximum absolute atomic E-state index is 5.98. The Labute approximate surface area is 66.9 Å². The predicted octanol–water partition coefficient (Wildman–Crippen LogP) is 0.992. The summed E-state index contributed by atoms with van der Waals surface area (Å²) in [5.74, 6) is 0. The van der Waals surface area contributed by atoms with E-state index in [1.165, 1.54) is 0 Å². The molecule has 0 aromatic carbocycles. The number of alkyl halides is 1. The van der Waals surface area contributed by atoms with Crippen LogP contribution in [0.15, 0.2) is 0 Å². The van der Waals surface area contributed by atoms with Crippen LogP contribution in [0.1, 0.15) is 13.3 Å². The molecule has 1 saturated heterocycles. The highest BCUT2D eigenvalue weighted by Gasteiger charge is 2.20. The number of morpholine rings is 1. The highest BCUT2D eigenvalue weighted by Crippen LogP contribution is 2.11. The van der Waals surface area contributed by atoms with E-state index in [1.807, 2.05) is 0 Å². The van der Waals surface area contributed by atoms with E-state index in [9.17, 15) is 0 Å². The van der Waals surface area contributed by atoms with Gasteiger partial charge >= 0.3 is 0 Å². The Bertz CT molecular complexity index is 93.6. The molecule has 0 spiro atoms. The molecular formula is C7H14ClNO. The molecule has 1 rings (SSSR count). The Morgan fingerprint density at radius 3 is 3.10 bits per heavy atom. The SMILES string of the molecule is CCC(Cl)C1CNCCO1. The van der Waals surface area contributed by atoms with E-state index in [2.05, 4.69) is 12.2 Å². The minimum atomic E-state index is 0.174. The van der Waals surface area contributed by atoms with Crippen molar-refractivity contribution in [1.82, 2.24) is 5.32 Å². The molecule has 0 aromatic heterocycles. The lowest BCUT2D eigenvalue weighted by molar-refractivity contribution is 0.0257. The highest BCUT2D eigenvalue weighted by atomic mass is 35.5. The van der Waals surface area contributed by atoms with Crippen LogP contribution in [0.2, 0.25) is 0 Å². The first-order valence-electron chi connectivity index (χ1n) is 3.81. The number of ether oxygens (including phenoxy) is 1. The Morgan fingerprint density at radius 2 is 2.60 bits per heavy atom. The number of hydrogen-bond donors (Lipinski definition) is 1. The third-order valence-corrected chi connectivity index (χ3v) is 2.34. The summed E-state index contributed by atoms with van der Waals surface area (Å²) in [5, 5.41) is 3.41. The average molecular weight is 164 g/mol. The zero-order valence-electron chi connectivity index (χ0n) is 6.27. The molecule has 0 amide bonds. The van der Waals surface area contributed by atoms with Crippen LogP contribution >= 0.6 is 11.6 Å². The topological polar surface area (TPSA) is 21.3 Å². The van der Waals surface area contributed by atoms with Crippen molar-refractivity contribution in [2.75, 3.05) is 19.7 Å². The average Bonchev–Trinajstić information content (AvgIpc) is 2.05. The van der Waals surface area contributed by atoms with Crippen LogP contribution in [0.25, 0.3) is 0 Å². The van der Waals surface area contributed by atoms with E-state index in [1.54, 1.807) is 0 Å². The first kappa shape index (κ1) is 8.31. The Morgan fingerprint density at radius 1 is 1.80 bits per heavy atom. The summed E-state index contributed by atoms with van der Waals surface area (Å²) in [6, 6.07) is 0. The zero-order chi connectivity index (χ0) is 7.40. The van der Waals surface area contributed by atoms with Crippen LogP contribution in [0.3, 0.4) is 0 Å². The monoisotopic (exact) mass is 163 g/mol. The highest BCUT2D eigenvalue weighted by molar-refractivity contribution is 6.21. The Kier molecular flexibility index (Phi) is 3.46. The number of nitrogens with one attached hydrogen (secondary N) is 1. The first-order chi connectivity index (χ1) is 4.84. The van der Waals surface area contributed by atoms with E-state index in [4.69, 9.17) is 16.3 Å². The minimum Gasteiger partial charge on any atom is -0.374 e. The van der Waals surface area contributed by atoms with E-state index >= 15 is 0 Å². The van der Waals surface area contributed by atoms with Gasteiger partial charge in [-0.3, -0.25) is 0 Å². The van der Waals surface area contributed by atoms with Crippen molar-refractivity contribution >= 4 is 11.6 Å². The van der Waals surface area contributed by atoms with Crippen molar-refractivity contribution in [3.05, 3.63) is 0 Å². The van der Waals surface area contributed by atoms with Crippen LogP contribution in [-0.2, 0) is 4.74 Å². The van der Waals surface area contributed by atoms with Crippen molar-refractivity contribution < 1.29 is 4.74 Å². The van der Waals surface area contributed by atoms with Gasteiger partial charge in [0.15, 0.2) is 0 Å². The fourth-order valence-electron chi connectivity index (χ4n) is 1.08. The molecule has 3 heteroatoms. The van der Waals surface area contributed by atoms with E-state index in [-0.39, 0.29) is 11.5 Å². The first-order valence-corrected chi connectivity index (χ1v) is 4.24. The second-order valence-corrected chi connectivity index (χ2v) is 3.10. The number of rotatable bonds is 2. The van der Waals surface area contributed by atoms with Crippen LogP contribution in [0.5, 0.6) is 0 Å². The molecule has 10 heavy (non-hydrogen) atoms. The molecule has 1 aliphatic heterocycles. The molecule has 0 radical (unpaired) electrons. The van der Waals surface area contributed by atoms with Crippen molar-refractivity contribution in [2.45, 2.75) is 24.8 Å². The lowest BCUT2D eigenvalue weighted by atomic mass is 10.2. The number of halogens is 1. The summed E-state index contributed by atoms with van der Waals surface area (Å²) >= 11 is 5.98. The maximum Gasteiger partial charge on any atom is 0.0863 e. The number of hydrogen-bond acceptors (Lipinski definition) is 2. The lowest BCUT2D eigenvalue weighted by Crippen LogP contribution is -2.43. The van der Waals surface area contributed by atoms with Crippen molar-refractivity contribution in [3.63, 3.8) is 0 Å². The van der Waals surface area contributed by atoms with Crippen LogP contribution < -0.4 is 5.32 Å². The van der Waals surface area contributed by atoms with Gasteiger partial charge in [0, 0.05) is 13.1 Å². The van der Waals surface area contributed by atoms with Gasteiger partial charge in [0.05, 0.1) is 18.1 Å². The van der Waals surface area contributed by atoms with Gasteiger partial charge in [-0.25, -0.2) is 0 Å². The maximum atomic E-state index is 5.98. The van der Waals surface area contributed by atoms with Gasteiger partial charge in [0.25, 0.3) is 0 Å². The molecule has 2 unspecified atom stereocenters. The molecule has 2 nitrogen and oxygen atoms in total. The van der Waals surface area contributed by atoms with Gasteiger partial charge in [0.2, 0.25) is 0 Å². The second-order valence-electron chi connectivity index (χ2n) is 2.54. The quantitative estimate of drug-likeness (QED) is 0.614. The fourth-order valence-corrected chi connectivity index (χ4v) is 1.24. The molecule has 0 bridgehead atoms. The van der Waals surface area contributed by atoms with Crippen LogP contribution in [-0.4, -0.2) is 31.2 Å². The minimum absolute atomic E-state index is 0.174. The van der Waals surface area contributed by atoms with Crippen molar-refractivity contribution in [2.24, 2.45) is 0 Å². The largest absolute Gasteiger partial charge is 0.374 e. The van der Waals surface area contributed by atoms with Gasteiger partial charge < -0.3 is 10.1 Å². The van der Waals surface area contributed by atoms with Crippen LogP contribution in [0, 0.1) is 0 Å². The van der Waals surface area contributed by atoms with Gasteiger partial charge in [-0.1, -0.05) is 6.92 Å². The molecule has 0 saturated carbocycles. The summed E-state index contributed by atoms with van der Waals surface area (Å²) in [5.41, 5.74) is 0. The molecule has 1 N–H and O–H groups in total. The third kappa shape index (κ3) is 2.11. The van der Waals surface area contributed by atoms with E-state index < -0.39 is 0 Å². The molecule has 1 heterocycles. The van der Waals surface area contributed by atoms with Gasteiger partial charge in [0.1, 0.15) is 0 Å². The van der Waals surface area contributed by atoms with Crippen LogP contribution in [0.4, 0.5) is 0 Å². The summed E-state index contributed by atoms with van der Waals surface area (Å²) in [6.45, 7) is 4.75. The summed E-state index contributed by atoms with van der Waals surface area (Å²) in [4.78, 5) is 0. The summed E-state index contributed by atoms with van der Waals surface area (Å²) in [6.07, 6.45) is 1.20. The van der Waals surface area contributed by atoms with E-state index in [0.717, 1.165) is 26.1 Å². The summed E-state index contributed by atoms with van der Waals surface area (Å²) < 4.78 is 5.44. The third-order valence-electron chi connectivity index (χ3n) is 1.75. The molecule has 2 atom stereocenters.